The highest BCUT2D eigenvalue weighted by atomic mass is 31.1. The van der Waals surface area contributed by atoms with Gasteiger partial charge in [-0.25, -0.2) is 19.6 Å². The van der Waals surface area contributed by atoms with Gasteiger partial charge in [0.2, 0.25) is 12.2 Å². The van der Waals surface area contributed by atoms with Crippen LogP contribution in [0.3, 0.4) is 0 Å². The van der Waals surface area contributed by atoms with Crippen LogP contribution < -0.4 is 0 Å². The monoisotopic (exact) mass is 480 g/mol. The van der Waals surface area contributed by atoms with E-state index in [1.165, 1.54) is 72.3 Å². The van der Waals surface area contributed by atoms with E-state index in [1.54, 1.807) is 12.2 Å². The fourth-order valence-electron chi connectivity index (χ4n) is 5.47. The first-order chi connectivity index (χ1) is 15.7. The van der Waals surface area contributed by atoms with E-state index in [0.29, 0.717) is 6.54 Å². The van der Waals surface area contributed by atoms with E-state index in [9.17, 15) is 9.59 Å². The maximum absolute atomic E-state index is 10.3. The summed E-state index contributed by atoms with van der Waals surface area (Å²) < 4.78 is 0. The minimum Gasteiger partial charge on any atom is -0.211 e. The zero-order valence-electron chi connectivity index (χ0n) is 22.8. The van der Waals surface area contributed by atoms with Gasteiger partial charge >= 0.3 is 0 Å². The van der Waals surface area contributed by atoms with Crippen LogP contribution in [0.2, 0.25) is 0 Å². The number of nitrogens with zero attached hydrogens (tertiary/aromatic N) is 2. The summed E-state index contributed by atoms with van der Waals surface area (Å²) >= 11 is 0. The molecule has 4 unspecified atom stereocenters. The van der Waals surface area contributed by atoms with Gasteiger partial charge in [0.25, 0.3) is 0 Å². The molecule has 0 bridgehead atoms. The second-order valence-electron chi connectivity index (χ2n) is 11.3. The second-order valence-corrected chi connectivity index (χ2v) is 12.6. The second kappa shape index (κ2) is 18.5. The number of isocyanates is 2. The van der Waals surface area contributed by atoms with Crippen LogP contribution in [-0.4, -0.2) is 37.1 Å². The van der Waals surface area contributed by atoms with Crippen LogP contribution in [0.15, 0.2) is 9.98 Å². The lowest BCUT2D eigenvalue weighted by molar-refractivity contribution is 0.0915. The third-order valence-electron chi connectivity index (χ3n) is 7.14. The first kappa shape index (κ1) is 32.2. The minimum absolute atomic E-state index is 0.00750. The quantitative estimate of drug-likeness (QED) is 0.134. The summed E-state index contributed by atoms with van der Waals surface area (Å²) in [7, 11) is 1.23. The number of hydrogen-bond donors (Lipinski definition) is 0. The van der Waals surface area contributed by atoms with Gasteiger partial charge in [0.15, 0.2) is 0 Å². The normalized spacial score (nSPS) is 23.7. The Morgan fingerprint density at radius 1 is 0.879 bits per heavy atom. The van der Waals surface area contributed by atoms with E-state index in [4.69, 9.17) is 0 Å². The Hall–Kier alpha value is -0.810. The van der Waals surface area contributed by atoms with E-state index >= 15 is 0 Å². The van der Waals surface area contributed by atoms with Crippen molar-refractivity contribution in [3.8, 4) is 0 Å². The maximum Gasteiger partial charge on any atom is 0.235 e. The van der Waals surface area contributed by atoms with Gasteiger partial charge in [0.05, 0.1) is 12.6 Å². The molecule has 0 spiro atoms. The summed E-state index contributed by atoms with van der Waals surface area (Å²) in [5.74, 6) is 2.05. The van der Waals surface area contributed by atoms with Gasteiger partial charge in [-0.05, 0) is 54.3 Å². The van der Waals surface area contributed by atoms with Crippen LogP contribution in [-0.2, 0) is 9.59 Å². The van der Waals surface area contributed by atoms with Crippen molar-refractivity contribution >= 4 is 20.7 Å². The third kappa shape index (κ3) is 15.7. The Kier molecular flexibility index (Phi) is 18.1. The molecule has 33 heavy (non-hydrogen) atoms. The molecule has 192 valence electrons. The van der Waals surface area contributed by atoms with Gasteiger partial charge in [-0.1, -0.05) is 99.8 Å². The van der Waals surface area contributed by atoms with Crippen LogP contribution in [0.1, 0.15) is 119 Å². The zero-order valence-corrected chi connectivity index (χ0v) is 23.8. The van der Waals surface area contributed by atoms with Crippen molar-refractivity contribution in [1.29, 1.82) is 0 Å². The molecule has 1 rings (SSSR count). The third-order valence-corrected chi connectivity index (χ3v) is 8.87. The molecule has 4 atom stereocenters. The van der Waals surface area contributed by atoms with Gasteiger partial charge < -0.3 is 0 Å². The van der Waals surface area contributed by atoms with Crippen LogP contribution in [0.5, 0.6) is 0 Å². The first-order valence-corrected chi connectivity index (χ1v) is 14.9. The van der Waals surface area contributed by atoms with Crippen molar-refractivity contribution in [2.24, 2.45) is 32.7 Å². The number of aliphatic imine (C=N–C) groups is 2. The number of carbonyl (C=O) groups excluding carboxylic acids is 2. The first-order valence-electron chi connectivity index (χ1n) is 13.5. The van der Waals surface area contributed by atoms with Crippen LogP contribution >= 0.6 is 8.58 Å². The van der Waals surface area contributed by atoms with Gasteiger partial charge in [-0.2, -0.15) is 0 Å². The molecule has 0 aromatic carbocycles. The molecule has 1 aliphatic carbocycles. The molecule has 0 saturated heterocycles. The molecule has 1 aliphatic rings. The lowest BCUT2D eigenvalue weighted by atomic mass is 9.63. The smallest absolute Gasteiger partial charge is 0.211 e. The zero-order chi connectivity index (χ0) is 25.2. The highest BCUT2D eigenvalue weighted by molar-refractivity contribution is 7.38. The van der Waals surface area contributed by atoms with Crippen molar-refractivity contribution < 1.29 is 9.59 Å². The van der Waals surface area contributed by atoms with Crippen molar-refractivity contribution in [2.75, 3.05) is 18.9 Å². The van der Waals surface area contributed by atoms with Crippen LogP contribution in [0.25, 0.3) is 0 Å². The number of hydrogen-bond acceptors (Lipinski definition) is 4. The highest BCUT2D eigenvalue weighted by Gasteiger charge is 2.41. The molecule has 0 amide bonds. The molecular weight excluding hydrogens is 427 g/mol. The molecule has 1 fully saturated rings. The topological polar surface area (TPSA) is 58.9 Å². The summed E-state index contributed by atoms with van der Waals surface area (Å²) in [6.07, 6.45) is 20.3. The summed E-state index contributed by atoms with van der Waals surface area (Å²) in [5, 5.41) is 0. The minimum atomic E-state index is -0.0653. The summed E-state index contributed by atoms with van der Waals surface area (Å²) in [6, 6.07) is 0.00750. The van der Waals surface area contributed by atoms with Gasteiger partial charge in [0, 0.05) is 0 Å². The molecule has 0 N–H and O–H groups in total. The van der Waals surface area contributed by atoms with Gasteiger partial charge in [-0.3, -0.25) is 0 Å². The van der Waals surface area contributed by atoms with Crippen molar-refractivity contribution in [3.63, 3.8) is 0 Å². The molecule has 1 saturated carbocycles. The number of unbranched alkanes of at least 4 members (excludes halogenated alkanes) is 2. The molecule has 0 aromatic heterocycles. The molecule has 0 aromatic rings. The Bertz CT molecular complexity index is 581. The van der Waals surface area contributed by atoms with E-state index < -0.39 is 0 Å². The summed E-state index contributed by atoms with van der Waals surface area (Å²) in [5.41, 5.74) is 0.0561. The van der Waals surface area contributed by atoms with Crippen molar-refractivity contribution in [1.82, 2.24) is 0 Å². The van der Waals surface area contributed by atoms with Gasteiger partial charge in [-0.15, -0.1) is 8.58 Å². The molecule has 0 heterocycles. The predicted octanol–water partition coefficient (Wildman–Crippen LogP) is 8.34. The van der Waals surface area contributed by atoms with E-state index in [-0.39, 0.29) is 16.9 Å². The Morgan fingerprint density at radius 2 is 1.42 bits per heavy atom. The van der Waals surface area contributed by atoms with E-state index in [1.807, 2.05) is 0 Å². The lowest BCUT2D eigenvalue weighted by Gasteiger charge is -2.44. The SMILES string of the molecule is CC1(C)CC(N=C=O)CC(C)(CN=C=O)C1.CCCCC(CC)CPCC(CC)CCCC. The fraction of sp³-hybridized carbons (Fsp3) is 0.929. The Balaban J connectivity index is 0.000000621. The lowest BCUT2D eigenvalue weighted by Crippen LogP contribution is -2.39. The summed E-state index contributed by atoms with van der Waals surface area (Å²) in [4.78, 5) is 28.0. The molecule has 0 aliphatic heterocycles. The van der Waals surface area contributed by atoms with E-state index in [2.05, 4.69) is 58.5 Å². The van der Waals surface area contributed by atoms with Crippen LogP contribution in [0, 0.1) is 22.7 Å². The van der Waals surface area contributed by atoms with Crippen molar-refractivity contribution in [2.45, 2.75) is 125 Å². The average molecular weight is 481 g/mol. The number of rotatable bonds is 15. The standard InChI is InChI=1S/C16H35P.C12H18N2O2/c1-5-9-11-15(7-3)13-17-14-16(8-4)12-10-6-2;1-11(2)4-10(14-9-16)5-12(3,6-11)7-13-8-15/h15-17H,5-14H2,1-4H3;10H,4-7H2,1-3H3. The molecule has 4 nitrogen and oxygen atoms in total. The average Bonchev–Trinajstić information content (AvgIpc) is 2.76. The summed E-state index contributed by atoms with van der Waals surface area (Å²) in [6.45, 7) is 16.2. The van der Waals surface area contributed by atoms with E-state index in [0.717, 1.165) is 31.1 Å². The van der Waals surface area contributed by atoms with Gasteiger partial charge in [0.1, 0.15) is 0 Å². The maximum atomic E-state index is 10.3. The highest BCUT2D eigenvalue weighted by Crippen LogP contribution is 2.47. The molecule has 0 radical (unpaired) electrons. The largest absolute Gasteiger partial charge is 0.235 e. The van der Waals surface area contributed by atoms with Crippen LogP contribution in [0.4, 0.5) is 0 Å². The Labute approximate surface area is 207 Å². The van der Waals surface area contributed by atoms with Crippen molar-refractivity contribution in [3.05, 3.63) is 0 Å². The molecule has 5 heteroatoms. The predicted molar refractivity (Wildman–Crippen MR) is 145 cm³/mol. The fourth-order valence-corrected chi connectivity index (χ4v) is 7.43. The molecular formula is C28H53N2O2P. The Morgan fingerprint density at radius 3 is 1.85 bits per heavy atom.